The van der Waals surface area contributed by atoms with Crippen molar-refractivity contribution in [3.8, 4) is 0 Å². The molecular formula is C10H20N2OS2. The van der Waals surface area contributed by atoms with Crippen LogP contribution >= 0.6 is 23.9 Å². The highest BCUT2D eigenvalue weighted by Gasteiger charge is 2.32. The summed E-state index contributed by atoms with van der Waals surface area (Å²) < 4.78 is 4.33. The highest BCUT2D eigenvalue weighted by Crippen LogP contribution is 2.30. The molecule has 0 aromatic heterocycles. The lowest BCUT2D eigenvalue weighted by Gasteiger charge is -2.38. The van der Waals surface area contributed by atoms with E-state index in [9.17, 15) is 4.79 Å². The molecule has 1 aliphatic rings. The van der Waals surface area contributed by atoms with Gasteiger partial charge in [0.1, 0.15) is 5.78 Å². The van der Waals surface area contributed by atoms with Crippen LogP contribution in [0.15, 0.2) is 0 Å². The summed E-state index contributed by atoms with van der Waals surface area (Å²) >= 11 is 3.61. The molecule has 0 saturated carbocycles. The van der Waals surface area contributed by atoms with Crippen LogP contribution in [0.25, 0.3) is 0 Å². The predicted octanol–water partition coefficient (Wildman–Crippen LogP) is 1.89. The molecular weight excluding hydrogens is 228 g/mol. The molecule has 0 radical (unpaired) electrons. The largest absolute Gasteiger partial charge is 0.298 e. The van der Waals surface area contributed by atoms with Crippen molar-refractivity contribution < 1.29 is 4.79 Å². The SMILES string of the molecule is CC(=O)C1C(C)N(C)SC(C)CSN1C. The Labute approximate surface area is 101 Å². The maximum Gasteiger partial charge on any atom is 0.149 e. The minimum Gasteiger partial charge on any atom is -0.298 e. The van der Waals surface area contributed by atoms with Gasteiger partial charge in [-0.3, -0.25) is 4.79 Å². The van der Waals surface area contributed by atoms with Crippen LogP contribution in [0.1, 0.15) is 20.8 Å². The number of Topliss-reactive ketones (excluding diaryl/α,β-unsaturated/α-hetero) is 1. The average Bonchev–Trinajstić information content (AvgIpc) is 2.12. The normalized spacial score (nSPS) is 35.9. The van der Waals surface area contributed by atoms with Crippen LogP contribution in [0.2, 0.25) is 0 Å². The van der Waals surface area contributed by atoms with Gasteiger partial charge in [-0.2, -0.15) is 0 Å². The van der Waals surface area contributed by atoms with Crippen molar-refractivity contribution >= 4 is 29.7 Å². The summed E-state index contributed by atoms with van der Waals surface area (Å²) in [5.74, 6) is 1.31. The Kier molecular flexibility index (Phi) is 4.96. The molecule has 1 saturated heterocycles. The summed E-state index contributed by atoms with van der Waals surface area (Å²) in [5, 5.41) is 0.595. The first-order chi connectivity index (χ1) is 6.93. The van der Waals surface area contributed by atoms with E-state index in [0.717, 1.165) is 5.75 Å². The van der Waals surface area contributed by atoms with Crippen LogP contribution < -0.4 is 0 Å². The molecule has 0 bridgehead atoms. The molecule has 15 heavy (non-hydrogen) atoms. The monoisotopic (exact) mass is 248 g/mol. The van der Waals surface area contributed by atoms with E-state index in [0.29, 0.717) is 5.25 Å². The van der Waals surface area contributed by atoms with Crippen molar-refractivity contribution in [3.63, 3.8) is 0 Å². The van der Waals surface area contributed by atoms with Gasteiger partial charge in [-0.1, -0.05) is 30.8 Å². The fourth-order valence-electron chi connectivity index (χ4n) is 1.81. The Balaban J connectivity index is 2.80. The van der Waals surface area contributed by atoms with Crippen molar-refractivity contribution in [1.29, 1.82) is 0 Å². The van der Waals surface area contributed by atoms with Crippen molar-refractivity contribution in [2.24, 2.45) is 0 Å². The average molecular weight is 248 g/mol. The van der Waals surface area contributed by atoms with Gasteiger partial charge in [0.15, 0.2) is 0 Å². The van der Waals surface area contributed by atoms with Gasteiger partial charge in [0.25, 0.3) is 0 Å². The van der Waals surface area contributed by atoms with Gasteiger partial charge in [-0.25, -0.2) is 8.61 Å². The van der Waals surface area contributed by atoms with Gasteiger partial charge < -0.3 is 0 Å². The van der Waals surface area contributed by atoms with E-state index in [1.807, 2.05) is 19.0 Å². The minimum absolute atomic E-state index is 0.000000000000000444. The van der Waals surface area contributed by atoms with Crippen LogP contribution in [0.3, 0.4) is 0 Å². The van der Waals surface area contributed by atoms with E-state index in [2.05, 4.69) is 29.5 Å². The third-order valence-electron chi connectivity index (χ3n) is 2.70. The van der Waals surface area contributed by atoms with Crippen molar-refractivity contribution in [3.05, 3.63) is 0 Å². The molecule has 5 heteroatoms. The highest BCUT2D eigenvalue weighted by atomic mass is 32.2. The summed E-state index contributed by atoms with van der Waals surface area (Å²) in [6, 6.07) is 0.257. The third-order valence-corrected chi connectivity index (χ3v) is 5.38. The number of likely N-dealkylation sites (N-methyl/N-ethyl adjacent to an activating group) is 2. The van der Waals surface area contributed by atoms with Gasteiger partial charge >= 0.3 is 0 Å². The van der Waals surface area contributed by atoms with Crippen molar-refractivity contribution in [2.75, 3.05) is 19.8 Å². The lowest BCUT2D eigenvalue weighted by Crippen LogP contribution is -2.49. The van der Waals surface area contributed by atoms with E-state index < -0.39 is 0 Å². The Morgan fingerprint density at radius 1 is 1.27 bits per heavy atom. The molecule has 0 amide bonds. The first-order valence-corrected chi connectivity index (χ1v) is 6.97. The fourth-order valence-corrected chi connectivity index (χ4v) is 4.04. The molecule has 1 aliphatic heterocycles. The standard InChI is InChI=1S/C10H20N2OS2/c1-7-6-14-12(5)10(9(3)13)8(2)11(4)15-7/h7-8,10H,6H2,1-5H3. The quantitative estimate of drug-likeness (QED) is 0.660. The molecule has 0 N–H and O–H groups in total. The fraction of sp³-hybridized carbons (Fsp3) is 0.900. The third kappa shape index (κ3) is 3.37. The molecule has 3 unspecified atom stereocenters. The number of hydrogen-bond donors (Lipinski definition) is 0. The van der Waals surface area contributed by atoms with E-state index in [-0.39, 0.29) is 17.9 Å². The molecule has 88 valence electrons. The number of carbonyl (C=O) groups is 1. The summed E-state index contributed by atoms with van der Waals surface area (Å²) in [5.41, 5.74) is 0. The summed E-state index contributed by atoms with van der Waals surface area (Å²) in [7, 11) is 4.09. The van der Waals surface area contributed by atoms with Gasteiger partial charge in [0.2, 0.25) is 0 Å². The van der Waals surface area contributed by atoms with Gasteiger partial charge in [-0.15, -0.1) is 0 Å². The zero-order valence-electron chi connectivity index (χ0n) is 10.1. The zero-order chi connectivity index (χ0) is 11.6. The second-order valence-electron chi connectivity index (χ2n) is 4.10. The summed E-state index contributed by atoms with van der Waals surface area (Å²) in [4.78, 5) is 11.6. The van der Waals surface area contributed by atoms with E-state index in [1.54, 1.807) is 18.9 Å². The first kappa shape index (κ1) is 13.4. The molecule has 1 heterocycles. The van der Waals surface area contributed by atoms with Crippen LogP contribution in [0.5, 0.6) is 0 Å². The maximum atomic E-state index is 11.6. The molecule has 0 aromatic carbocycles. The molecule has 3 atom stereocenters. The number of carbonyl (C=O) groups excluding carboxylic acids is 1. The Morgan fingerprint density at radius 2 is 1.87 bits per heavy atom. The van der Waals surface area contributed by atoms with Crippen LogP contribution in [-0.4, -0.2) is 51.6 Å². The predicted molar refractivity (Wildman–Crippen MR) is 69.0 cm³/mol. The minimum atomic E-state index is -0.000000000000000444. The molecule has 0 aromatic rings. The number of ketones is 1. The molecule has 0 spiro atoms. The van der Waals surface area contributed by atoms with E-state index in [4.69, 9.17) is 0 Å². The molecule has 1 rings (SSSR count). The lowest BCUT2D eigenvalue weighted by molar-refractivity contribution is -0.121. The van der Waals surface area contributed by atoms with Crippen LogP contribution in [0.4, 0.5) is 0 Å². The van der Waals surface area contributed by atoms with Gasteiger partial charge in [0.05, 0.1) is 6.04 Å². The number of hydrogen-bond acceptors (Lipinski definition) is 5. The Morgan fingerprint density at radius 3 is 2.40 bits per heavy atom. The van der Waals surface area contributed by atoms with Gasteiger partial charge in [-0.05, 0) is 27.9 Å². The maximum absolute atomic E-state index is 11.6. The second-order valence-corrected chi connectivity index (χ2v) is 6.86. The van der Waals surface area contributed by atoms with Crippen molar-refractivity contribution in [1.82, 2.24) is 8.61 Å². The highest BCUT2D eigenvalue weighted by molar-refractivity contribution is 8.01. The summed E-state index contributed by atoms with van der Waals surface area (Å²) in [6.45, 7) is 6.03. The first-order valence-electron chi connectivity index (χ1n) is 5.19. The lowest BCUT2D eigenvalue weighted by atomic mass is 10.1. The Hall–Kier alpha value is 0.290. The summed E-state index contributed by atoms with van der Waals surface area (Å²) in [6.07, 6.45) is 0. The van der Waals surface area contributed by atoms with Crippen LogP contribution in [0, 0.1) is 0 Å². The molecule has 3 nitrogen and oxygen atoms in total. The molecule has 0 aliphatic carbocycles. The van der Waals surface area contributed by atoms with Gasteiger partial charge in [0, 0.05) is 17.0 Å². The van der Waals surface area contributed by atoms with Crippen LogP contribution in [-0.2, 0) is 4.79 Å². The zero-order valence-corrected chi connectivity index (χ0v) is 11.7. The number of nitrogens with zero attached hydrogens (tertiary/aromatic N) is 2. The molecule has 1 fully saturated rings. The Bertz CT molecular complexity index is 237. The smallest absolute Gasteiger partial charge is 0.149 e. The van der Waals surface area contributed by atoms with E-state index in [1.165, 1.54) is 0 Å². The second kappa shape index (κ2) is 5.57. The number of rotatable bonds is 1. The topological polar surface area (TPSA) is 23.6 Å². The van der Waals surface area contributed by atoms with E-state index >= 15 is 0 Å². The van der Waals surface area contributed by atoms with Crippen molar-refractivity contribution in [2.45, 2.75) is 38.1 Å².